The smallest absolute Gasteiger partial charge is 0.234 e. The molecule has 0 bridgehead atoms. The van der Waals surface area contributed by atoms with Crippen molar-refractivity contribution in [1.82, 2.24) is 4.90 Å². The molecule has 1 aliphatic rings. The number of hydrogen-bond donors (Lipinski definition) is 0. The molecule has 1 nitrogen and oxygen atoms in total. The fourth-order valence-electron chi connectivity index (χ4n) is 3.38. The molecule has 0 N–H and O–H groups in total. The molecule has 1 aliphatic heterocycles. The van der Waals surface area contributed by atoms with Crippen LogP contribution < -0.4 is 10.4 Å². The van der Waals surface area contributed by atoms with Crippen molar-refractivity contribution in [2.24, 2.45) is 0 Å². The first-order chi connectivity index (χ1) is 11.8. The first-order valence-corrected chi connectivity index (χ1v) is 10.8. The summed E-state index contributed by atoms with van der Waals surface area (Å²) in [5, 5.41) is 2.66. The molecule has 1 radical (unpaired) electrons. The molecule has 0 spiro atoms. The molecule has 3 aromatic carbocycles. The van der Waals surface area contributed by atoms with Crippen molar-refractivity contribution in [2.75, 3.05) is 0 Å². The zero-order valence-electron chi connectivity index (χ0n) is 13.5. The van der Waals surface area contributed by atoms with E-state index in [0.29, 0.717) is 0 Å². The van der Waals surface area contributed by atoms with Gasteiger partial charge in [-0.3, -0.25) is 4.90 Å². The van der Waals surface area contributed by atoms with Gasteiger partial charge in [0.1, 0.15) is 0 Å². The third-order valence-electron chi connectivity index (χ3n) is 4.54. The van der Waals surface area contributed by atoms with Gasteiger partial charge in [0, 0.05) is 19.6 Å². The highest BCUT2D eigenvalue weighted by molar-refractivity contribution is 7.21. The lowest BCUT2D eigenvalue weighted by atomic mass is 10.1. The number of nitrogens with zero attached hydrogens (tertiary/aromatic N) is 1. The lowest BCUT2D eigenvalue weighted by Crippen LogP contribution is -2.45. The van der Waals surface area contributed by atoms with E-state index in [1.165, 1.54) is 27.1 Å². The van der Waals surface area contributed by atoms with Gasteiger partial charge in [-0.2, -0.15) is 11.1 Å². The van der Waals surface area contributed by atoms with Crippen LogP contribution in [0.25, 0.3) is 0 Å². The minimum Gasteiger partial charge on any atom is -0.291 e. The van der Waals surface area contributed by atoms with Crippen molar-refractivity contribution in [3.8, 4) is 0 Å². The molecule has 0 fully saturated rings. The van der Waals surface area contributed by atoms with E-state index in [1.54, 1.807) is 0 Å². The van der Waals surface area contributed by atoms with Crippen molar-refractivity contribution in [3.05, 3.63) is 95.6 Å². The third kappa shape index (κ3) is 3.18. The van der Waals surface area contributed by atoms with Gasteiger partial charge in [-0.05, 0) is 27.1 Å². The van der Waals surface area contributed by atoms with Crippen LogP contribution >= 0.6 is 11.1 Å². The van der Waals surface area contributed by atoms with E-state index in [-0.39, 0.29) is 0 Å². The normalized spacial score (nSPS) is 15.2. The molecular weight excluding hydrogens is 330 g/mol. The van der Waals surface area contributed by atoms with E-state index in [2.05, 4.69) is 83.8 Å². The molecular formula is C21H19ClNSi. The summed E-state index contributed by atoms with van der Waals surface area (Å²) < 4.78 is 0. The second-order valence-corrected chi connectivity index (χ2v) is 9.10. The summed E-state index contributed by atoms with van der Waals surface area (Å²) in [6.07, 6.45) is 0. The lowest BCUT2D eigenvalue weighted by molar-refractivity contribution is 0.248. The van der Waals surface area contributed by atoms with Gasteiger partial charge < -0.3 is 0 Å². The van der Waals surface area contributed by atoms with E-state index in [0.717, 1.165) is 19.6 Å². The summed E-state index contributed by atoms with van der Waals surface area (Å²) in [7, 11) is -1.22. The second-order valence-electron chi connectivity index (χ2n) is 6.26. The van der Waals surface area contributed by atoms with E-state index in [1.807, 2.05) is 0 Å². The lowest BCUT2D eigenvalue weighted by Gasteiger charge is -2.29. The van der Waals surface area contributed by atoms with Gasteiger partial charge in [0.05, 0.1) is 0 Å². The minimum atomic E-state index is -1.22. The molecule has 119 valence electrons. The monoisotopic (exact) mass is 348 g/mol. The molecule has 0 aromatic heterocycles. The SMILES string of the molecule is Cl[Si]1c2ccccc2CN(Cc2ccccc2)Cc2ccccc21. The fraction of sp³-hybridized carbons (Fsp3) is 0.143. The minimum absolute atomic E-state index is 0.945. The highest BCUT2D eigenvalue weighted by atomic mass is 35.6. The van der Waals surface area contributed by atoms with E-state index in [4.69, 9.17) is 11.1 Å². The van der Waals surface area contributed by atoms with E-state index in [9.17, 15) is 0 Å². The number of rotatable bonds is 2. The van der Waals surface area contributed by atoms with Crippen LogP contribution in [0.3, 0.4) is 0 Å². The molecule has 0 atom stereocenters. The number of hydrogen-bond acceptors (Lipinski definition) is 1. The Morgan fingerprint density at radius 1 is 0.708 bits per heavy atom. The van der Waals surface area contributed by atoms with Crippen molar-refractivity contribution < 1.29 is 0 Å². The van der Waals surface area contributed by atoms with Gasteiger partial charge in [-0.1, -0.05) is 78.9 Å². The predicted molar refractivity (Wildman–Crippen MR) is 103 cm³/mol. The summed E-state index contributed by atoms with van der Waals surface area (Å²) >= 11 is 6.95. The Morgan fingerprint density at radius 3 is 1.79 bits per heavy atom. The Hall–Kier alpha value is -1.87. The number of halogens is 1. The first-order valence-electron chi connectivity index (χ1n) is 8.26. The highest BCUT2D eigenvalue weighted by Gasteiger charge is 2.25. The number of benzene rings is 3. The maximum absolute atomic E-state index is 6.95. The maximum atomic E-state index is 6.95. The van der Waals surface area contributed by atoms with Crippen LogP contribution in [0.15, 0.2) is 78.9 Å². The van der Waals surface area contributed by atoms with Gasteiger partial charge >= 0.3 is 0 Å². The van der Waals surface area contributed by atoms with Crippen molar-refractivity contribution in [1.29, 1.82) is 0 Å². The van der Waals surface area contributed by atoms with Gasteiger partial charge in [-0.25, -0.2) is 0 Å². The average Bonchev–Trinajstić information content (AvgIpc) is 2.62. The quantitative estimate of drug-likeness (QED) is 0.505. The molecule has 0 aliphatic carbocycles. The van der Waals surface area contributed by atoms with Gasteiger partial charge in [0.2, 0.25) is 8.11 Å². The van der Waals surface area contributed by atoms with Crippen LogP contribution in [0.2, 0.25) is 0 Å². The summed E-state index contributed by atoms with van der Waals surface area (Å²) in [5.41, 5.74) is 4.09. The molecule has 3 aromatic rings. The topological polar surface area (TPSA) is 3.24 Å². The van der Waals surface area contributed by atoms with Crippen LogP contribution in [0.5, 0.6) is 0 Å². The molecule has 0 saturated carbocycles. The summed E-state index contributed by atoms with van der Waals surface area (Å²) in [6, 6.07) is 28.0. The van der Waals surface area contributed by atoms with Crippen molar-refractivity contribution in [3.63, 3.8) is 0 Å². The molecule has 24 heavy (non-hydrogen) atoms. The van der Waals surface area contributed by atoms with Crippen LogP contribution in [-0.4, -0.2) is 13.0 Å². The van der Waals surface area contributed by atoms with Gasteiger partial charge in [0.25, 0.3) is 0 Å². The standard InChI is InChI=1S/C21H19ClNSi/c22-24-20-12-6-4-10-18(20)15-23(14-17-8-2-1-3-9-17)16-19-11-5-7-13-21(19)24/h1-13H,14-16H2. The predicted octanol–water partition coefficient (Wildman–Crippen LogP) is 3.55. The van der Waals surface area contributed by atoms with E-state index < -0.39 is 8.11 Å². The van der Waals surface area contributed by atoms with Crippen LogP contribution in [0.4, 0.5) is 0 Å². The van der Waals surface area contributed by atoms with Crippen LogP contribution in [0, 0.1) is 0 Å². The molecule has 1 heterocycles. The van der Waals surface area contributed by atoms with Gasteiger partial charge in [0.15, 0.2) is 0 Å². The molecule has 0 unspecified atom stereocenters. The summed E-state index contributed by atoms with van der Waals surface area (Å²) in [4.78, 5) is 2.51. The number of fused-ring (bicyclic) bond motifs is 2. The fourth-order valence-corrected chi connectivity index (χ4v) is 6.15. The van der Waals surface area contributed by atoms with E-state index >= 15 is 0 Å². The Bertz CT molecular complexity index is 785. The largest absolute Gasteiger partial charge is 0.291 e. The summed E-state index contributed by atoms with van der Waals surface area (Å²) in [6.45, 7) is 2.84. The Morgan fingerprint density at radius 2 is 1.21 bits per heavy atom. The highest BCUT2D eigenvalue weighted by Crippen LogP contribution is 2.17. The Balaban J connectivity index is 1.75. The first kappa shape index (κ1) is 15.6. The average molecular weight is 349 g/mol. The molecule has 0 amide bonds. The molecule has 0 saturated heterocycles. The van der Waals surface area contributed by atoms with Gasteiger partial charge in [-0.15, -0.1) is 0 Å². The second kappa shape index (κ2) is 6.94. The molecule has 3 heteroatoms. The molecule has 4 rings (SSSR count). The van der Waals surface area contributed by atoms with Crippen LogP contribution in [0.1, 0.15) is 16.7 Å². The maximum Gasteiger partial charge on any atom is 0.234 e. The Labute approximate surface area is 149 Å². The van der Waals surface area contributed by atoms with Crippen molar-refractivity contribution in [2.45, 2.75) is 19.6 Å². The Kier molecular flexibility index (Phi) is 4.52. The zero-order chi connectivity index (χ0) is 16.4. The third-order valence-corrected chi connectivity index (χ3v) is 7.69. The van der Waals surface area contributed by atoms with Crippen molar-refractivity contribution >= 4 is 29.6 Å². The zero-order valence-corrected chi connectivity index (χ0v) is 15.2. The summed E-state index contributed by atoms with van der Waals surface area (Å²) in [5.74, 6) is 0. The van der Waals surface area contributed by atoms with Crippen LogP contribution in [-0.2, 0) is 19.6 Å².